The first-order valence-electron chi connectivity index (χ1n) is 7.71. The molecule has 0 spiro atoms. The van der Waals surface area contributed by atoms with Crippen LogP contribution in [0.1, 0.15) is 58.3 Å². The fraction of sp³-hybridized carbons (Fsp3) is 1.00. The second-order valence-electron chi connectivity index (χ2n) is 6.21. The average molecular weight is 238 g/mol. The molecule has 0 aromatic rings. The van der Waals surface area contributed by atoms with Gasteiger partial charge in [-0.05, 0) is 45.6 Å². The van der Waals surface area contributed by atoms with E-state index in [2.05, 4.69) is 24.2 Å². The second-order valence-corrected chi connectivity index (χ2v) is 6.21. The van der Waals surface area contributed by atoms with Crippen molar-refractivity contribution in [1.29, 1.82) is 0 Å². The minimum atomic E-state index is 0.748. The highest BCUT2D eigenvalue weighted by molar-refractivity contribution is 4.83. The zero-order chi connectivity index (χ0) is 12.1. The molecule has 0 heterocycles. The zero-order valence-corrected chi connectivity index (χ0v) is 11.8. The van der Waals surface area contributed by atoms with Crippen molar-refractivity contribution in [2.24, 2.45) is 5.92 Å². The fourth-order valence-electron chi connectivity index (χ4n) is 3.11. The van der Waals surface area contributed by atoms with Gasteiger partial charge < -0.3 is 10.2 Å². The summed E-state index contributed by atoms with van der Waals surface area (Å²) in [7, 11) is 2.32. The van der Waals surface area contributed by atoms with Crippen LogP contribution in [-0.4, -0.2) is 37.1 Å². The molecule has 1 atom stereocenters. The van der Waals surface area contributed by atoms with Crippen molar-refractivity contribution in [1.82, 2.24) is 10.2 Å². The SMILES string of the molecule is CC(NCCN(C)C1CCCCCC1)C1CC1. The van der Waals surface area contributed by atoms with Gasteiger partial charge in [-0.2, -0.15) is 0 Å². The van der Waals surface area contributed by atoms with E-state index in [1.807, 2.05) is 0 Å². The number of hydrogen-bond acceptors (Lipinski definition) is 2. The Morgan fingerprint density at radius 1 is 1.06 bits per heavy atom. The van der Waals surface area contributed by atoms with Gasteiger partial charge in [0.1, 0.15) is 0 Å². The van der Waals surface area contributed by atoms with E-state index in [0.717, 1.165) is 18.0 Å². The molecule has 0 aliphatic heterocycles. The molecule has 2 nitrogen and oxygen atoms in total. The Balaban J connectivity index is 1.59. The first-order valence-corrected chi connectivity index (χ1v) is 7.71. The van der Waals surface area contributed by atoms with Crippen LogP contribution in [0.25, 0.3) is 0 Å². The number of likely N-dealkylation sites (N-methyl/N-ethyl adjacent to an activating group) is 1. The zero-order valence-electron chi connectivity index (χ0n) is 11.8. The third-order valence-corrected chi connectivity index (χ3v) is 4.71. The van der Waals surface area contributed by atoms with E-state index in [0.29, 0.717) is 0 Å². The largest absolute Gasteiger partial charge is 0.313 e. The summed E-state index contributed by atoms with van der Waals surface area (Å²) < 4.78 is 0. The summed E-state index contributed by atoms with van der Waals surface area (Å²) >= 11 is 0. The van der Waals surface area contributed by atoms with Crippen molar-refractivity contribution < 1.29 is 0 Å². The van der Waals surface area contributed by atoms with E-state index in [-0.39, 0.29) is 0 Å². The van der Waals surface area contributed by atoms with Crippen LogP contribution in [0.5, 0.6) is 0 Å². The van der Waals surface area contributed by atoms with Gasteiger partial charge in [-0.1, -0.05) is 25.7 Å². The van der Waals surface area contributed by atoms with Gasteiger partial charge in [-0.15, -0.1) is 0 Å². The van der Waals surface area contributed by atoms with E-state index < -0.39 is 0 Å². The molecule has 2 saturated carbocycles. The molecule has 0 aromatic heterocycles. The summed E-state index contributed by atoms with van der Waals surface area (Å²) in [6, 6.07) is 1.60. The predicted octanol–water partition coefficient (Wildman–Crippen LogP) is 3.03. The molecule has 2 rings (SSSR count). The molecule has 1 N–H and O–H groups in total. The quantitative estimate of drug-likeness (QED) is 0.716. The summed E-state index contributed by atoms with van der Waals surface area (Å²) in [6.45, 7) is 4.75. The molecule has 100 valence electrons. The normalized spacial score (nSPS) is 24.9. The molecule has 17 heavy (non-hydrogen) atoms. The van der Waals surface area contributed by atoms with Crippen molar-refractivity contribution in [2.75, 3.05) is 20.1 Å². The molecule has 2 fully saturated rings. The van der Waals surface area contributed by atoms with Gasteiger partial charge in [-0.25, -0.2) is 0 Å². The lowest BCUT2D eigenvalue weighted by molar-refractivity contribution is 0.218. The fourth-order valence-corrected chi connectivity index (χ4v) is 3.11. The molecule has 2 aliphatic rings. The Hall–Kier alpha value is -0.0800. The van der Waals surface area contributed by atoms with E-state index in [4.69, 9.17) is 0 Å². The van der Waals surface area contributed by atoms with Crippen molar-refractivity contribution in [3.8, 4) is 0 Å². The van der Waals surface area contributed by atoms with Crippen LogP contribution >= 0.6 is 0 Å². The average Bonchev–Trinajstić information content (AvgIpc) is 3.15. The van der Waals surface area contributed by atoms with E-state index in [9.17, 15) is 0 Å². The van der Waals surface area contributed by atoms with Gasteiger partial charge in [0, 0.05) is 25.2 Å². The molecule has 0 radical (unpaired) electrons. The Bertz CT molecular complexity index is 205. The lowest BCUT2D eigenvalue weighted by atomic mass is 10.1. The number of rotatable bonds is 6. The Morgan fingerprint density at radius 3 is 2.29 bits per heavy atom. The molecular formula is C15H30N2. The van der Waals surface area contributed by atoms with Crippen molar-refractivity contribution in [2.45, 2.75) is 70.4 Å². The highest BCUT2D eigenvalue weighted by atomic mass is 15.1. The summed E-state index contributed by atoms with van der Waals surface area (Å²) in [5.41, 5.74) is 0. The maximum Gasteiger partial charge on any atom is 0.0107 e. The summed E-state index contributed by atoms with van der Waals surface area (Å²) in [5.74, 6) is 0.984. The lowest BCUT2D eigenvalue weighted by Crippen LogP contribution is -2.39. The van der Waals surface area contributed by atoms with Gasteiger partial charge in [0.2, 0.25) is 0 Å². The monoisotopic (exact) mass is 238 g/mol. The van der Waals surface area contributed by atoms with Gasteiger partial charge in [0.05, 0.1) is 0 Å². The third kappa shape index (κ3) is 4.59. The van der Waals surface area contributed by atoms with E-state index in [1.54, 1.807) is 0 Å². The smallest absolute Gasteiger partial charge is 0.0107 e. The second kappa shape index (κ2) is 6.75. The highest BCUT2D eigenvalue weighted by Crippen LogP contribution is 2.32. The van der Waals surface area contributed by atoms with Crippen LogP contribution in [-0.2, 0) is 0 Å². The molecule has 2 aliphatic carbocycles. The predicted molar refractivity (Wildman–Crippen MR) is 74.3 cm³/mol. The highest BCUT2D eigenvalue weighted by Gasteiger charge is 2.27. The van der Waals surface area contributed by atoms with Gasteiger partial charge in [-0.3, -0.25) is 0 Å². The number of hydrogen-bond donors (Lipinski definition) is 1. The van der Waals surface area contributed by atoms with Crippen LogP contribution in [0, 0.1) is 5.92 Å². The van der Waals surface area contributed by atoms with E-state index in [1.165, 1.54) is 64.5 Å². The van der Waals surface area contributed by atoms with Gasteiger partial charge >= 0.3 is 0 Å². The first kappa shape index (κ1) is 13.4. The number of nitrogens with one attached hydrogen (secondary N) is 1. The van der Waals surface area contributed by atoms with Crippen LogP contribution in [0.3, 0.4) is 0 Å². The van der Waals surface area contributed by atoms with Crippen LogP contribution in [0.4, 0.5) is 0 Å². The molecule has 0 bridgehead atoms. The Morgan fingerprint density at radius 2 is 1.71 bits per heavy atom. The molecule has 1 unspecified atom stereocenters. The van der Waals surface area contributed by atoms with Crippen LogP contribution < -0.4 is 5.32 Å². The minimum Gasteiger partial charge on any atom is -0.313 e. The standard InChI is InChI=1S/C15H30N2/c1-13(14-9-10-14)16-11-12-17(2)15-7-5-3-4-6-8-15/h13-16H,3-12H2,1-2H3. The first-order chi connectivity index (χ1) is 8.27. The van der Waals surface area contributed by atoms with Crippen LogP contribution in [0.15, 0.2) is 0 Å². The maximum absolute atomic E-state index is 3.69. The molecule has 0 aromatic carbocycles. The molecule has 2 heteroatoms. The molecular weight excluding hydrogens is 208 g/mol. The van der Waals surface area contributed by atoms with Crippen molar-refractivity contribution in [3.63, 3.8) is 0 Å². The van der Waals surface area contributed by atoms with Crippen molar-refractivity contribution in [3.05, 3.63) is 0 Å². The van der Waals surface area contributed by atoms with Crippen molar-refractivity contribution >= 4 is 0 Å². The Kier molecular flexibility index (Phi) is 5.30. The van der Waals surface area contributed by atoms with E-state index >= 15 is 0 Å². The third-order valence-electron chi connectivity index (χ3n) is 4.71. The van der Waals surface area contributed by atoms with Gasteiger partial charge in [0.25, 0.3) is 0 Å². The van der Waals surface area contributed by atoms with Crippen LogP contribution in [0.2, 0.25) is 0 Å². The summed E-state index contributed by atoms with van der Waals surface area (Å²) in [4.78, 5) is 2.60. The van der Waals surface area contributed by atoms with Gasteiger partial charge in [0.15, 0.2) is 0 Å². The lowest BCUT2D eigenvalue weighted by Gasteiger charge is -2.27. The summed E-state index contributed by atoms with van der Waals surface area (Å²) in [5, 5.41) is 3.69. The molecule has 0 amide bonds. The maximum atomic E-state index is 3.69. The Labute approximate surface area is 107 Å². The molecule has 0 saturated heterocycles. The topological polar surface area (TPSA) is 15.3 Å². The minimum absolute atomic E-state index is 0.748. The number of nitrogens with zero attached hydrogens (tertiary/aromatic N) is 1. The summed E-state index contributed by atoms with van der Waals surface area (Å²) in [6.07, 6.45) is 11.6.